The number of aryl methyl sites for hydroxylation is 1. The molecule has 1 aliphatic rings. The highest BCUT2D eigenvalue weighted by molar-refractivity contribution is 5.76. The zero-order chi connectivity index (χ0) is 21.9. The van der Waals surface area contributed by atoms with E-state index in [0.717, 1.165) is 25.2 Å². The van der Waals surface area contributed by atoms with Gasteiger partial charge in [0.1, 0.15) is 0 Å². The van der Waals surface area contributed by atoms with Crippen molar-refractivity contribution in [2.75, 3.05) is 26.7 Å². The van der Waals surface area contributed by atoms with Crippen molar-refractivity contribution in [3.05, 3.63) is 47.2 Å². The highest BCUT2D eigenvalue weighted by atomic mass is 19.4. The largest absolute Gasteiger partial charge is 0.425 e. The fourth-order valence-corrected chi connectivity index (χ4v) is 3.68. The van der Waals surface area contributed by atoms with Gasteiger partial charge in [-0.3, -0.25) is 4.79 Å². The van der Waals surface area contributed by atoms with E-state index < -0.39 is 11.7 Å². The minimum Gasteiger partial charge on any atom is -0.425 e. The zero-order valence-corrected chi connectivity index (χ0v) is 17.4. The van der Waals surface area contributed by atoms with Gasteiger partial charge in [0.15, 0.2) is 0 Å². The monoisotopic (exact) mass is 424 g/mol. The van der Waals surface area contributed by atoms with Gasteiger partial charge in [0.05, 0.1) is 12.0 Å². The summed E-state index contributed by atoms with van der Waals surface area (Å²) in [4.78, 5) is 16.9. The molecule has 1 saturated heterocycles. The van der Waals surface area contributed by atoms with Gasteiger partial charge in [-0.05, 0) is 24.6 Å². The van der Waals surface area contributed by atoms with Crippen molar-refractivity contribution in [2.24, 2.45) is 5.92 Å². The Hall–Kier alpha value is -2.42. The molecule has 1 aromatic carbocycles. The van der Waals surface area contributed by atoms with Gasteiger partial charge in [-0.25, -0.2) is 0 Å². The van der Waals surface area contributed by atoms with Gasteiger partial charge in [-0.15, -0.1) is 10.2 Å². The summed E-state index contributed by atoms with van der Waals surface area (Å²) in [5.74, 6) is 0.968. The molecule has 0 unspecified atom stereocenters. The lowest BCUT2D eigenvalue weighted by Crippen LogP contribution is -2.56. The molecule has 3 rings (SSSR count). The Morgan fingerprint density at radius 1 is 1.23 bits per heavy atom. The molecule has 0 spiro atoms. The van der Waals surface area contributed by atoms with Crippen LogP contribution in [0.25, 0.3) is 0 Å². The predicted molar refractivity (Wildman–Crippen MR) is 105 cm³/mol. The number of rotatable bonds is 6. The summed E-state index contributed by atoms with van der Waals surface area (Å²) in [5, 5.41) is 7.87. The number of likely N-dealkylation sites (N-methyl/N-ethyl adjacent to an activating group) is 1. The van der Waals surface area contributed by atoms with E-state index in [1.807, 2.05) is 4.90 Å². The number of hydrogen-bond acceptors (Lipinski definition) is 5. The molecule has 164 valence electrons. The SMILES string of the molecule is CC(C)[C@H]1CN(C)CCN1C(=O)CCc1nnc(Cc2cccc(C(F)(F)F)c2)o1. The molecule has 30 heavy (non-hydrogen) atoms. The van der Waals surface area contributed by atoms with Crippen LogP contribution in [0.15, 0.2) is 28.7 Å². The zero-order valence-electron chi connectivity index (χ0n) is 17.4. The van der Waals surface area contributed by atoms with E-state index in [4.69, 9.17) is 4.42 Å². The molecule has 9 heteroatoms. The van der Waals surface area contributed by atoms with Crippen LogP contribution in [0.5, 0.6) is 0 Å². The number of nitrogens with zero attached hydrogens (tertiary/aromatic N) is 4. The first-order valence-corrected chi connectivity index (χ1v) is 10.1. The van der Waals surface area contributed by atoms with Gasteiger partial charge in [0.2, 0.25) is 17.7 Å². The molecule has 6 nitrogen and oxygen atoms in total. The van der Waals surface area contributed by atoms with Crippen molar-refractivity contribution in [3.8, 4) is 0 Å². The maximum absolute atomic E-state index is 12.8. The number of carbonyl (C=O) groups excluding carboxylic acids is 1. The molecule has 2 aromatic rings. The molecule has 0 N–H and O–H groups in total. The summed E-state index contributed by atoms with van der Waals surface area (Å²) < 4.78 is 44.1. The first-order valence-electron chi connectivity index (χ1n) is 10.1. The molecule has 1 fully saturated rings. The van der Waals surface area contributed by atoms with Crippen molar-refractivity contribution in [2.45, 2.75) is 45.3 Å². The quantitative estimate of drug-likeness (QED) is 0.711. The van der Waals surface area contributed by atoms with Gasteiger partial charge in [-0.2, -0.15) is 13.2 Å². The fourth-order valence-electron chi connectivity index (χ4n) is 3.68. The number of amides is 1. The maximum Gasteiger partial charge on any atom is 0.416 e. The highest BCUT2D eigenvalue weighted by Gasteiger charge is 2.31. The number of benzene rings is 1. The van der Waals surface area contributed by atoms with E-state index in [2.05, 4.69) is 36.0 Å². The maximum atomic E-state index is 12.8. The average Bonchev–Trinajstić information content (AvgIpc) is 3.13. The van der Waals surface area contributed by atoms with Crippen LogP contribution in [-0.2, 0) is 23.8 Å². The van der Waals surface area contributed by atoms with Gasteiger partial charge in [0, 0.05) is 38.5 Å². The predicted octanol–water partition coefficient (Wildman–Crippen LogP) is 3.41. The third kappa shape index (κ3) is 5.59. The Balaban J connectivity index is 1.57. The van der Waals surface area contributed by atoms with Crippen LogP contribution in [0.1, 0.15) is 43.2 Å². The lowest BCUT2D eigenvalue weighted by molar-refractivity contribution is -0.138. The summed E-state index contributed by atoms with van der Waals surface area (Å²) >= 11 is 0. The van der Waals surface area contributed by atoms with Gasteiger partial charge < -0.3 is 14.2 Å². The second kappa shape index (κ2) is 9.16. The van der Waals surface area contributed by atoms with Crippen LogP contribution in [0, 0.1) is 5.92 Å². The molecule has 1 aromatic heterocycles. The Morgan fingerprint density at radius 3 is 2.67 bits per heavy atom. The van der Waals surface area contributed by atoms with Crippen molar-refractivity contribution in [1.29, 1.82) is 0 Å². The van der Waals surface area contributed by atoms with Crippen molar-refractivity contribution in [1.82, 2.24) is 20.0 Å². The van der Waals surface area contributed by atoms with E-state index in [0.29, 0.717) is 30.3 Å². The average molecular weight is 424 g/mol. The van der Waals surface area contributed by atoms with Crippen LogP contribution < -0.4 is 0 Å². The smallest absolute Gasteiger partial charge is 0.416 e. The number of halogens is 3. The summed E-state index contributed by atoms with van der Waals surface area (Å²) in [6.07, 6.45) is -3.71. The lowest BCUT2D eigenvalue weighted by Gasteiger charge is -2.42. The molecule has 2 heterocycles. The number of carbonyl (C=O) groups is 1. The van der Waals surface area contributed by atoms with Crippen LogP contribution in [0.4, 0.5) is 13.2 Å². The molecular formula is C21H27F3N4O2. The highest BCUT2D eigenvalue weighted by Crippen LogP contribution is 2.30. The third-order valence-corrected chi connectivity index (χ3v) is 5.38. The lowest BCUT2D eigenvalue weighted by atomic mass is 9.99. The summed E-state index contributed by atoms with van der Waals surface area (Å²) in [7, 11) is 2.06. The van der Waals surface area contributed by atoms with Crippen molar-refractivity contribution in [3.63, 3.8) is 0 Å². The van der Waals surface area contributed by atoms with Crippen molar-refractivity contribution >= 4 is 5.91 Å². The summed E-state index contributed by atoms with van der Waals surface area (Å²) in [6.45, 7) is 6.62. The van der Waals surface area contributed by atoms with Crippen LogP contribution in [-0.4, -0.2) is 58.6 Å². The minimum atomic E-state index is -4.40. The van der Waals surface area contributed by atoms with E-state index in [-0.39, 0.29) is 30.7 Å². The second-order valence-electron chi connectivity index (χ2n) is 8.13. The molecule has 1 atom stereocenters. The summed E-state index contributed by atoms with van der Waals surface area (Å²) in [6, 6.07) is 5.22. The third-order valence-electron chi connectivity index (χ3n) is 5.38. The Kier molecular flexibility index (Phi) is 6.80. The number of alkyl halides is 3. The number of aromatic nitrogens is 2. The van der Waals surface area contributed by atoms with Gasteiger partial charge in [0.25, 0.3) is 0 Å². The molecule has 0 saturated carbocycles. The molecule has 0 aliphatic carbocycles. The first kappa shape index (κ1) is 22.3. The van der Waals surface area contributed by atoms with E-state index >= 15 is 0 Å². The van der Waals surface area contributed by atoms with Gasteiger partial charge in [-0.1, -0.05) is 32.0 Å². The van der Waals surface area contributed by atoms with Crippen LogP contribution in [0.2, 0.25) is 0 Å². The molecule has 0 bridgehead atoms. The van der Waals surface area contributed by atoms with E-state index in [9.17, 15) is 18.0 Å². The second-order valence-corrected chi connectivity index (χ2v) is 8.13. The van der Waals surface area contributed by atoms with Crippen molar-refractivity contribution < 1.29 is 22.4 Å². The molecule has 1 aliphatic heterocycles. The fraction of sp³-hybridized carbons (Fsp3) is 0.571. The minimum absolute atomic E-state index is 0.0550. The number of piperazine rings is 1. The Bertz CT molecular complexity index is 866. The number of hydrogen-bond donors (Lipinski definition) is 0. The van der Waals surface area contributed by atoms with Crippen LogP contribution >= 0.6 is 0 Å². The van der Waals surface area contributed by atoms with Crippen LogP contribution in [0.3, 0.4) is 0 Å². The van der Waals surface area contributed by atoms with Gasteiger partial charge >= 0.3 is 6.18 Å². The normalized spacial score (nSPS) is 18.2. The standard InChI is InChI=1S/C21H27F3N4O2/c1-14(2)17-13-27(3)9-10-28(17)20(29)8-7-18-25-26-19(30-18)12-15-5-4-6-16(11-15)21(22,23)24/h4-6,11,14,17H,7-10,12-13H2,1-3H3/t17-/m1/s1. The Morgan fingerprint density at radius 2 is 1.97 bits per heavy atom. The topological polar surface area (TPSA) is 62.5 Å². The van der Waals surface area contributed by atoms with E-state index in [1.165, 1.54) is 6.07 Å². The summed E-state index contributed by atoms with van der Waals surface area (Å²) in [5.41, 5.74) is -0.273. The first-order chi connectivity index (χ1) is 14.1. The molecule has 0 radical (unpaired) electrons. The molecular weight excluding hydrogens is 397 g/mol. The van der Waals surface area contributed by atoms with E-state index in [1.54, 1.807) is 6.07 Å². The Labute approximate surface area is 174 Å². The molecule has 1 amide bonds.